The molecule has 1 aromatic rings. The summed E-state index contributed by atoms with van der Waals surface area (Å²) in [5.41, 5.74) is 0. The highest BCUT2D eigenvalue weighted by molar-refractivity contribution is 7.15. The Morgan fingerprint density at radius 2 is 2.11 bits per heavy atom. The summed E-state index contributed by atoms with van der Waals surface area (Å²) in [5, 5.41) is 14.6. The van der Waals surface area contributed by atoms with Gasteiger partial charge in [-0.25, -0.2) is 0 Å². The van der Waals surface area contributed by atoms with Gasteiger partial charge in [-0.2, -0.15) is 13.2 Å². The molecule has 1 aliphatic rings. The van der Waals surface area contributed by atoms with Gasteiger partial charge in [0.05, 0.1) is 5.92 Å². The molecule has 0 amide bonds. The van der Waals surface area contributed by atoms with E-state index in [0.717, 1.165) is 0 Å². The van der Waals surface area contributed by atoms with Crippen molar-refractivity contribution in [1.29, 1.82) is 0 Å². The van der Waals surface area contributed by atoms with E-state index in [1.54, 1.807) is 6.92 Å². The van der Waals surface area contributed by atoms with E-state index in [9.17, 15) is 18.0 Å². The SMILES string of the molecule is C[C@@H]1CN(c2nnc(C(F)(F)F)s2)C[C@H]1C(=O)O. The van der Waals surface area contributed by atoms with Gasteiger partial charge in [-0.1, -0.05) is 18.3 Å². The van der Waals surface area contributed by atoms with E-state index in [2.05, 4.69) is 10.2 Å². The number of carboxylic acid groups (broad SMARTS) is 1. The van der Waals surface area contributed by atoms with Gasteiger partial charge in [-0.05, 0) is 5.92 Å². The molecule has 0 spiro atoms. The molecule has 2 rings (SSSR count). The van der Waals surface area contributed by atoms with Crippen molar-refractivity contribution in [3.63, 3.8) is 0 Å². The van der Waals surface area contributed by atoms with Crippen LogP contribution < -0.4 is 4.90 Å². The maximum absolute atomic E-state index is 12.4. The monoisotopic (exact) mass is 281 g/mol. The van der Waals surface area contributed by atoms with Crippen molar-refractivity contribution in [2.24, 2.45) is 11.8 Å². The lowest BCUT2D eigenvalue weighted by molar-refractivity contribution is -0.142. The van der Waals surface area contributed by atoms with Crippen molar-refractivity contribution in [1.82, 2.24) is 10.2 Å². The standard InChI is InChI=1S/C9H10F3N3O2S/c1-4-2-15(3-5(4)6(16)17)8-14-13-7(18-8)9(10,11)12/h4-5H,2-3H2,1H3,(H,16,17)/t4-,5-/m1/s1. The summed E-state index contributed by atoms with van der Waals surface area (Å²) in [6.07, 6.45) is -4.51. The summed E-state index contributed by atoms with van der Waals surface area (Å²) in [7, 11) is 0. The van der Waals surface area contributed by atoms with Crippen molar-refractivity contribution in [2.75, 3.05) is 18.0 Å². The zero-order chi connectivity index (χ0) is 13.5. The van der Waals surface area contributed by atoms with Crippen LogP contribution in [0.3, 0.4) is 0 Å². The van der Waals surface area contributed by atoms with Crippen LogP contribution in [0.25, 0.3) is 0 Å². The number of hydrogen-bond donors (Lipinski definition) is 1. The zero-order valence-electron chi connectivity index (χ0n) is 9.31. The highest BCUT2D eigenvalue weighted by atomic mass is 32.1. The van der Waals surface area contributed by atoms with Crippen molar-refractivity contribution < 1.29 is 23.1 Å². The molecule has 9 heteroatoms. The number of carboxylic acids is 1. The van der Waals surface area contributed by atoms with Gasteiger partial charge >= 0.3 is 12.1 Å². The lowest BCUT2D eigenvalue weighted by Crippen LogP contribution is -2.22. The van der Waals surface area contributed by atoms with Crippen LogP contribution in [0, 0.1) is 11.8 Å². The van der Waals surface area contributed by atoms with Gasteiger partial charge < -0.3 is 10.0 Å². The number of aromatic nitrogens is 2. The Morgan fingerprint density at radius 1 is 1.44 bits per heavy atom. The van der Waals surface area contributed by atoms with Crippen molar-refractivity contribution in [3.05, 3.63) is 5.01 Å². The Balaban J connectivity index is 2.15. The molecule has 18 heavy (non-hydrogen) atoms. The summed E-state index contributed by atoms with van der Waals surface area (Å²) < 4.78 is 37.1. The quantitative estimate of drug-likeness (QED) is 0.894. The van der Waals surface area contributed by atoms with Gasteiger partial charge in [0.25, 0.3) is 0 Å². The van der Waals surface area contributed by atoms with Crippen LogP contribution >= 0.6 is 11.3 Å². The van der Waals surface area contributed by atoms with Crippen LogP contribution in [-0.4, -0.2) is 34.4 Å². The Labute approximate surface area is 104 Å². The number of nitrogens with zero attached hydrogens (tertiary/aromatic N) is 3. The lowest BCUT2D eigenvalue weighted by Gasteiger charge is -2.12. The minimum absolute atomic E-state index is 0.123. The Morgan fingerprint density at radius 3 is 2.56 bits per heavy atom. The fraction of sp³-hybridized carbons (Fsp3) is 0.667. The molecule has 0 bridgehead atoms. The molecule has 2 atom stereocenters. The number of hydrogen-bond acceptors (Lipinski definition) is 5. The second kappa shape index (κ2) is 4.38. The second-order valence-electron chi connectivity index (χ2n) is 4.21. The minimum atomic E-state index is -4.51. The average molecular weight is 281 g/mol. The smallest absolute Gasteiger partial charge is 0.445 e. The van der Waals surface area contributed by atoms with Crippen LogP contribution in [0.15, 0.2) is 0 Å². The summed E-state index contributed by atoms with van der Waals surface area (Å²) in [5.74, 6) is -1.64. The molecule has 1 N–H and O–H groups in total. The Kier molecular flexibility index (Phi) is 3.18. The highest BCUT2D eigenvalue weighted by Crippen LogP contribution is 2.36. The van der Waals surface area contributed by atoms with Crippen molar-refractivity contribution >= 4 is 22.4 Å². The second-order valence-corrected chi connectivity index (χ2v) is 5.17. The summed E-state index contributed by atoms with van der Waals surface area (Å²) in [6.45, 7) is 2.30. The van der Waals surface area contributed by atoms with E-state index in [1.165, 1.54) is 4.90 Å². The molecule has 1 saturated heterocycles. The largest absolute Gasteiger partial charge is 0.481 e. The molecule has 0 aliphatic carbocycles. The van der Waals surface area contributed by atoms with E-state index in [4.69, 9.17) is 5.11 Å². The first kappa shape index (κ1) is 13.1. The number of alkyl halides is 3. The van der Waals surface area contributed by atoms with Gasteiger partial charge in [0.2, 0.25) is 10.1 Å². The topological polar surface area (TPSA) is 66.3 Å². The van der Waals surface area contributed by atoms with Gasteiger partial charge in [0.15, 0.2) is 0 Å². The molecule has 5 nitrogen and oxygen atoms in total. The van der Waals surface area contributed by atoms with E-state index in [0.29, 0.717) is 17.9 Å². The molecule has 0 radical (unpaired) electrons. The maximum atomic E-state index is 12.4. The molecule has 2 heterocycles. The van der Waals surface area contributed by atoms with Crippen molar-refractivity contribution in [2.45, 2.75) is 13.1 Å². The normalized spacial score (nSPS) is 24.6. The third-order valence-corrected chi connectivity index (χ3v) is 3.89. The van der Waals surface area contributed by atoms with Crippen LogP contribution in [0.4, 0.5) is 18.3 Å². The fourth-order valence-electron chi connectivity index (χ4n) is 1.90. The Bertz CT molecular complexity index is 462. The Hall–Kier alpha value is -1.38. The molecule has 1 fully saturated rings. The molecule has 100 valence electrons. The van der Waals surface area contributed by atoms with E-state index >= 15 is 0 Å². The lowest BCUT2D eigenvalue weighted by atomic mass is 9.99. The van der Waals surface area contributed by atoms with E-state index < -0.39 is 23.1 Å². The van der Waals surface area contributed by atoms with Gasteiger partial charge in [0.1, 0.15) is 0 Å². The molecule has 0 aromatic carbocycles. The van der Waals surface area contributed by atoms with Crippen LogP contribution in [0.1, 0.15) is 11.9 Å². The summed E-state index contributed by atoms with van der Waals surface area (Å²) in [4.78, 5) is 12.5. The van der Waals surface area contributed by atoms with Crippen LogP contribution in [-0.2, 0) is 11.0 Å². The molecule has 1 aliphatic heterocycles. The van der Waals surface area contributed by atoms with Gasteiger partial charge in [-0.15, -0.1) is 10.2 Å². The first-order valence-electron chi connectivity index (χ1n) is 5.17. The predicted molar refractivity (Wildman–Crippen MR) is 57.4 cm³/mol. The van der Waals surface area contributed by atoms with Gasteiger partial charge in [-0.3, -0.25) is 4.79 Å². The first-order chi connectivity index (χ1) is 8.29. The molecule has 0 unspecified atom stereocenters. The van der Waals surface area contributed by atoms with Gasteiger partial charge in [0, 0.05) is 13.1 Å². The molecular formula is C9H10F3N3O2S. The number of aliphatic carboxylic acids is 1. The number of carbonyl (C=O) groups is 1. The first-order valence-corrected chi connectivity index (χ1v) is 5.99. The predicted octanol–water partition coefficient (Wildman–Crippen LogP) is 1.71. The summed E-state index contributed by atoms with van der Waals surface area (Å²) in [6, 6.07) is 0. The third kappa shape index (κ3) is 2.40. The number of rotatable bonds is 2. The molecule has 0 saturated carbocycles. The molecular weight excluding hydrogens is 271 g/mol. The van der Waals surface area contributed by atoms with E-state index in [1.807, 2.05) is 0 Å². The minimum Gasteiger partial charge on any atom is -0.481 e. The van der Waals surface area contributed by atoms with E-state index in [-0.39, 0.29) is 17.6 Å². The average Bonchev–Trinajstić information content (AvgIpc) is 2.81. The number of halogens is 3. The van der Waals surface area contributed by atoms with Crippen LogP contribution in [0.2, 0.25) is 0 Å². The maximum Gasteiger partial charge on any atom is 0.445 e. The third-order valence-electron chi connectivity index (χ3n) is 2.86. The fourth-order valence-corrected chi connectivity index (χ4v) is 2.63. The van der Waals surface area contributed by atoms with Crippen molar-refractivity contribution in [3.8, 4) is 0 Å². The zero-order valence-corrected chi connectivity index (χ0v) is 10.1. The molecule has 1 aromatic heterocycles. The summed E-state index contributed by atoms with van der Waals surface area (Å²) >= 11 is 0.439. The van der Waals surface area contributed by atoms with Crippen LogP contribution in [0.5, 0.6) is 0 Å². The number of anilines is 1. The highest BCUT2D eigenvalue weighted by Gasteiger charge is 2.39.